The molecule has 0 aromatic carbocycles. The molecule has 1 saturated heterocycles. The maximum absolute atomic E-state index is 11.3. The molecule has 2 N–H and O–H groups in total. The van der Waals surface area contributed by atoms with E-state index in [1.54, 1.807) is 12.2 Å². The first-order chi connectivity index (χ1) is 5.66. The molecule has 0 atom stereocenters. The van der Waals surface area contributed by atoms with Crippen molar-refractivity contribution in [2.45, 2.75) is 6.92 Å². The van der Waals surface area contributed by atoms with E-state index >= 15 is 0 Å². The molecule has 1 fully saturated rings. The molecule has 3 nitrogen and oxygen atoms in total. The Morgan fingerprint density at radius 3 is 2.75 bits per heavy atom. The second-order valence-electron chi connectivity index (χ2n) is 2.64. The summed E-state index contributed by atoms with van der Waals surface area (Å²) in [5.74, 6) is 5.23. The number of amides is 1. The molecule has 12 heavy (non-hydrogen) atoms. The minimum absolute atomic E-state index is 0.155. The quantitative estimate of drug-likeness (QED) is 0.353. The van der Waals surface area contributed by atoms with E-state index in [-0.39, 0.29) is 5.91 Å². The largest absolute Gasteiger partial charge is 0.272 e. The van der Waals surface area contributed by atoms with E-state index in [9.17, 15) is 4.79 Å². The summed E-state index contributed by atoms with van der Waals surface area (Å²) in [5.41, 5.74) is 1.39. The second kappa shape index (κ2) is 3.36. The van der Waals surface area contributed by atoms with Crippen molar-refractivity contribution in [3.05, 3.63) is 36.0 Å². The molecule has 0 spiro atoms. The van der Waals surface area contributed by atoms with Gasteiger partial charge in [-0.05, 0) is 18.6 Å². The molecule has 0 saturated carbocycles. The maximum Gasteiger partial charge on any atom is 0.268 e. The van der Waals surface area contributed by atoms with Gasteiger partial charge in [-0.2, -0.15) is 0 Å². The highest BCUT2D eigenvalue weighted by atomic mass is 16.2. The summed E-state index contributed by atoms with van der Waals surface area (Å²) >= 11 is 0. The average Bonchev–Trinajstić information content (AvgIpc) is 2.25. The molecule has 0 bridgehead atoms. The second-order valence-corrected chi connectivity index (χ2v) is 2.64. The number of allylic oxidation sites excluding steroid dienone is 3. The first kappa shape index (κ1) is 8.74. The molecule has 1 amide bonds. The molecule has 0 radical (unpaired) electrons. The summed E-state index contributed by atoms with van der Waals surface area (Å²) in [6, 6.07) is 0. The van der Waals surface area contributed by atoms with Crippen LogP contribution in [0.25, 0.3) is 0 Å². The van der Waals surface area contributed by atoms with Crippen molar-refractivity contribution in [3.63, 3.8) is 0 Å². The Bertz CT molecular complexity index is 276. The van der Waals surface area contributed by atoms with Gasteiger partial charge in [0.05, 0.1) is 6.54 Å². The van der Waals surface area contributed by atoms with Crippen LogP contribution < -0.4 is 5.84 Å². The average molecular weight is 164 g/mol. The zero-order chi connectivity index (χ0) is 9.14. The van der Waals surface area contributed by atoms with Crippen LogP contribution in [0.5, 0.6) is 0 Å². The SMILES string of the molecule is C=C1CN(N)C(=O)/C1=C/C=C\C. The molecule has 1 rings (SSSR count). The fourth-order valence-electron chi connectivity index (χ4n) is 1.05. The molecule has 0 aromatic rings. The molecule has 1 aliphatic heterocycles. The predicted octanol–water partition coefficient (Wildman–Crippen LogP) is 0.761. The zero-order valence-corrected chi connectivity index (χ0v) is 7.08. The Morgan fingerprint density at radius 2 is 2.33 bits per heavy atom. The minimum atomic E-state index is -0.155. The third-order valence-electron chi connectivity index (χ3n) is 1.69. The Hall–Kier alpha value is -1.35. The van der Waals surface area contributed by atoms with Crippen molar-refractivity contribution in [1.29, 1.82) is 0 Å². The van der Waals surface area contributed by atoms with Crippen LogP contribution in [-0.2, 0) is 4.79 Å². The van der Waals surface area contributed by atoms with Gasteiger partial charge in [0.1, 0.15) is 0 Å². The molecular formula is C9H12N2O. The van der Waals surface area contributed by atoms with Crippen LogP contribution in [0.4, 0.5) is 0 Å². The van der Waals surface area contributed by atoms with Gasteiger partial charge >= 0.3 is 0 Å². The van der Waals surface area contributed by atoms with Crippen LogP contribution in [0.2, 0.25) is 0 Å². The first-order valence-corrected chi connectivity index (χ1v) is 3.74. The van der Waals surface area contributed by atoms with E-state index in [0.29, 0.717) is 12.1 Å². The van der Waals surface area contributed by atoms with Gasteiger partial charge in [0.2, 0.25) is 0 Å². The number of hydrogen-bond donors (Lipinski definition) is 1. The summed E-state index contributed by atoms with van der Waals surface area (Å²) < 4.78 is 0. The number of carbonyl (C=O) groups is 1. The van der Waals surface area contributed by atoms with Gasteiger partial charge in [0.15, 0.2) is 0 Å². The molecule has 1 heterocycles. The molecular weight excluding hydrogens is 152 g/mol. The Kier molecular flexibility index (Phi) is 2.45. The summed E-state index contributed by atoms with van der Waals surface area (Å²) in [6.07, 6.45) is 5.39. The van der Waals surface area contributed by atoms with Crippen LogP contribution in [-0.4, -0.2) is 17.5 Å². The summed E-state index contributed by atoms with van der Waals surface area (Å²) in [7, 11) is 0. The van der Waals surface area contributed by atoms with Crippen LogP contribution in [0.1, 0.15) is 6.92 Å². The number of nitrogens with zero attached hydrogens (tertiary/aromatic N) is 1. The third-order valence-corrected chi connectivity index (χ3v) is 1.69. The smallest absolute Gasteiger partial charge is 0.268 e. The Labute approximate surface area is 71.8 Å². The highest BCUT2D eigenvalue weighted by molar-refractivity contribution is 6.00. The number of hydrazine groups is 1. The molecule has 0 aromatic heterocycles. The van der Waals surface area contributed by atoms with E-state index in [4.69, 9.17) is 5.84 Å². The van der Waals surface area contributed by atoms with Crippen LogP contribution in [0.3, 0.4) is 0 Å². The van der Waals surface area contributed by atoms with Crippen molar-refractivity contribution in [2.24, 2.45) is 5.84 Å². The van der Waals surface area contributed by atoms with Crippen molar-refractivity contribution in [1.82, 2.24) is 5.01 Å². The van der Waals surface area contributed by atoms with Crippen molar-refractivity contribution >= 4 is 5.91 Å². The van der Waals surface area contributed by atoms with Crippen molar-refractivity contribution < 1.29 is 4.79 Å². The molecule has 1 aliphatic rings. The Balaban J connectivity index is 2.91. The standard InChI is InChI=1S/C9H12N2O/c1-3-4-5-8-7(2)6-11(10)9(8)12/h3-5H,2,6,10H2,1H3/b4-3-,8-5+. The monoisotopic (exact) mass is 164 g/mol. The summed E-state index contributed by atoms with van der Waals surface area (Å²) in [5, 5.41) is 1.16. The minimum Gasteiger partial charge on any atom is -0.272 e. The van der Waals surface area contributed by atoms with Crippen molar-refractivity contribution in [3.8, 4) is 0 Å². The highest BCUT2D eigenvalue weighted by Crippen LogP contribution is 2.18. The van der Waals surface area contributed by atoms with Crippen molar-refractivity contribution in [2.75, 3.05) is 6.54 Å². The Morgan fingerprint density at radius 1 is 1.67 bits per heavy atom. The summed E-state index contributed by atoms with van der Waals surface area (Å²) in [4.78, 5) is 11.3. The zero-order valence-electron chi connectivity index (χ0n) is 7.08. The van der Waals surface area contributed by atoms with E-state index in [0.717, 1.165) is 10.6 Å². The van der Waals surface area contributed by atoms with E-state index in [1.165, 1.54) is 0 Å². The van der Waals surface area contributed by atoms with Crippen LogP contribution >= 0.6 is 0 Å². The lowest BCUT2D eigenvalue weighted by Gasteiger charge is -2.02. The normalized spacial score (nSPS) is 21.8. The lowest BCUT2D eigenvalue weighted by Crippen LogP contribution is -2.32. The number of nitrogens with two attached hydrogens (primary N) is 1. The molecule has 0 aliphatic carbocycles. The van der Waals surface area contributed by atoms with Gasteiger partial charge in [-0.25, -0.2) is 5.84 Å². The fraction of sp³-hybridized carbons (Fsp3) is 0.222. The third kappa shape index (κ3) is 1.46. The van der Waals surface area contributed by atoms with Gasteiger partial charge in [-0.15, -0.1) is 0 Å². The molecule has 3 heteroatoms. The van der Waals surface area contributed by atoms with E-state index in [2.05, 4.69) is 6.58 Å². The van der Waals surface area contributed by atoms with Crippen LogP contribution in [0.15, 0.2) is 36.0 Å². The van der Waals surface area contributed by atoms with Gasteiger partial charge in [-0.1, -0.05) is 18.7 Å². The highest BCUT2D eigenvalue weighted by Gasteiger charge is 2.25. The predicted molar refractivity (Wildman–Crippen MR) is 47.9 cm³/mol. The lowest BCUT2D eigenvalue weighted by molar-refractivity contribution is -0.125. The number of rotatable bonds is 1. The van der Waals surface area contributed by atoms with E-state index in [1.807, 2.05) is 13.0 Å². The summed E-state index contributed by atoms with van der Waals surface area (Å²) in [6.45, 7) is 6.07. The lowest BCUT2D eigenvalue weighted by atomic mass is 10.1. The van der Waals surface area contributed by atoms with Crippen LogP contribution in [0, 0.1) is 0 Å². The van der Waals surface area contributed by atoms with Gasteiger partial charge in [-0.3, -0.25) is 9.80 Å². The first-order valence-electron chi connectivity index (χ1n) is 3.74. The number of carbonyl (C=O) groups excluding carboxylic acids is 1. The molecule has 64 valence electrons. The van der Waals surface area contributed by atoms with Gasteiger partial charge in [0.25, 0.3) is 5.91 Å². The van der Waals surface area contributed by atoms with Gasteiger partial charge < -0.3 is 0 Å². The van der Waals surface area contributed by atoms with E-state index < -0.39 is 0 Å². The number of hydrogen-bond acceptors (Lipinski definition) is 2. The van der Waals surface area contributed by atoms with Gasteiger partial charge in [0, 0.05) is 5.57 Å². The molecule has 0 unspecified atom stereocenters. The maximum atomic E-state index is 11.3. The fourth-order valence-corrected chi connectivity index (χ4v) is 1.05. The topological polar surface area (TPSA) is 46.3 Å².